The highest BCUT2D eigenvalue weighted by atomic mass is 16.5. The van der Waals surface area contributed by atoms with Crippen LogP contribution < -0.4 is 10.1 Å². The van der Waals surface area contributed by atoms with Crippen LogP contribution in [0, 0.1) is 5.41 Å². The summed E-state index contributed by atoms with van der Waals surface area (Å²) in [6.07, 6.45) is 0.378. The molecule has 0 radical (unpaired) electrons. The summed E-state index contributed by atoms with van der Waals surface area (Å²) >= 11 is 0. The molecule has 2 rings (SSSR count). The lowest BCUT2D eigenvalue weighted by Crippen LogP contribution is -2.54. The van der Waals surface area contributed by atoms with Crippen LogP contribution >= 0.6 is 0 Å². The van der Waals surface area contributed by atoms with Gasteiger partial charge in [-0.2, -0.15) is 0 Å². The Labute approximate surface area is 156 Å². The average Bonchev–Trinajstić information content (AvgIpc) is 2.61. The highest BCUT2D eigenvalue weighted by Gasteiger charge is 2.24. The quantitative estimate of drug-likeness (QED) is 0.877. The molecule has 1 aliphatic heterocycles. The first-order valence-electron chi connectivity index (χ1n) is 9.31. The van der Waals surface area contributed by atoms with Gasteiger partial charge in [0, 0.05) is 32.7 Å². The van der Waals surface area contributed by atoms with E-state index in [1.165, 1.54) is 0 Å². The van der Waals surface area contributed by atoms with Crippen LogP contribution in [0.3, 0.4) is 0 Å². The van der Waals surface area contributed by atoms with Crippen LogP contribution in [0.25, 0.3) is 0 Å². The fourth-order valence-corrected chi connectivity index (χ4v) is 2.77. The van der Waals surface area contributed by atoms with E-state index in [0.29, 0.717) is 45.8 Å². The van der Waals surface area contributed by atoms with E-state index in [1.54, 1.807) is 4.90 Å². The van der Waals surface area contributed by atoms with Crippen molar-refractivity contribution in [1.29, 1.82) is 0 Å². The SMILES string of the molecule is CCOc1ccc(CC(=O)N2CCN(C(=O)NCC(C)(C)C)CC2)cc1. The van der Waals surface area contributed by atoms with Crippen LogP contribution in [-0.4, -0.2) is 61.1 Å². The third-order valence-electron chi connectivity index (χ3n) is 4.28. The summed E-state index contributed by atoms with van der Waals surface area (Å²) in [4.78, 5) is 28.3. The van der Waals surface area contributed by atoms with E-state index in [2.05, 4.69) is 26.1 Å². The summed E-state index contributed by atoms with van der Waals surface area (Å²) in [5, 5.41) is 2.96. The van der Waals surface area contributed by atoms with Crippen molar-refractivity contribution < 1.29 is 14.3 Å². The van der Waals surface area contributed by atoms with Gasteiger partial charge in [0.1, 0.15) is 5.75 Å². The van der Waals surface area contributed by atoms with Crippen LogP contribution in [0.1, 0.15) is 33.3 Å². The second-order valence-corrected chi connectivity index (χ2v) is 7.84. The van der Waals surface area contributed by atoms with Crippen molar-refractivity contribution in [1.82, 2.24) is 15.1 Å². The number of rotatable bonds is 5. The van der Waals surface area contributed by atoms with Crippen molar-refractivity contribution in [2.24, 2.45) is 5.41 Å². The molecule has 0 atom stereocenters. The minimum atomic E-state index is -0.0430. The number of hydrogen-bond acceptors (Lipinski definition) is 3. The lowest BCUT2D eigenvalue weighted by molar-refractivity contribution is -0.131. The van der Waals surface area contributed by atoms with E-state index >= 15 is 0 Å². The third-order valence-corrected chi connectivity index (χ3v) is 4.28. The van der Waals surface area contributed by atoms with Crippen molar-refractivity contribution in [3.8, 4) is 5.75 Å². The first-order chi connectivity index (χ1) is 12.3. The van der Waals surface area contributed by atoms with Gasteiger partial charge in [-0.05, 0) is 30.0 Å². The molecule has 144 valence electrons. The monoisotopic (exact) mass is 361 g/mol. The van der Waals surface area contributed by atoms with Crippen molar-refractivity contribution >= 4 is 11.9 Å². The van der Waals surface area contributed by atoms with Gasteiger partial charge >= 0.3 is 6.03 Å². The van der Waals surface area contributed by atoms with Crippen LogP contribution in [0.15, 0.2) is 24.3 Å². The number of amides is 3. The fourth-order valence-electron chi connectivity index (χ4n) is 2.77. The smallest absolute Gasteiger partial charge is 0.317 e. The Hall–Kier alpha value is -2.24. The molecule has 0 spiro atoms. The summed E-state index contributed by atoms with van der Waals surface area (Å²) in [7, 11) is 0. The maximum absolute atomic E-state index is 12.5. The predicted octanol–water partition coefficient (Wildman–Crippen LogP) is 2.53. The number of piperazine rings is 1. The Morgan fingerprint density at radius 3 is 2.15 bits per heavy atom. The molecule has 0 aromatic heterocycles. The Morgan fingerprint density at radius 1 is 1.04 bits per heavy atom. The fraction of sp³-hybridized carbons (Fsp3) is 0.600. The molecule has 1 aromatic carbocycles. The molecule has 6 heteroatoms. The molecule has 1 aromatic rings. The summed E-state index contributed by atoms with van der Waals surface area (Å²) < 4.78 is 5.42. The summed E-state index contributed by atoms with van der Waals surface area (Å²) in [6, 6.07) is 7.60. The van der Waals surface area contributed by atoms with Gasteiger partial charge in [0.25, 0.3) is 0 Å². The maximum Gasteiger partial charge on any atom is 0.317 e. The molecule has 1 N–H and O–H groups in total. The van der Waals surface area contributed by atoms with Gasteiger partial charge in [-0.25, -0.2) is 4.79 Å². The zero-order chi connectivity index (χ0) is 19.2. The lowest BCUT2D eigenvalue weighted by atomic mass is 9.97. The van der Waals surface area contributed by atoms with Crippen LogP contribution in [0.4, 0.5) is 4.79 Å². The second-order valence-electron chi connectivity index (χ2n) is 7.84. The normalized spacial score (nSPS) is 14.9. The van der Waals surface area contributed by atoms with Crippen LogP contribution in [-0.2, 0) is 11.2 Å². The molecule has 0 aliphatic carbocycles. The minimum absolute atomic E-state index is 0.0430. The first kappa shape index (κ1) is 20.1. The first-order valence-corrected chi connectivity index (χ1v) is 9.31. The summed E-state index contributed by atoms with van der Waals surface area (Å²) in [5.74, 6) is 0.919. The topological polar surface area (TPSA) is 61.9 Å². The highest BCUT2D eigenvalue weighted by molar-refractivity contribution is 5.79. The van der Waals surface area contributed by atoms with Gasteiger partial charge in [-0.3, -0.25) is 4.79 Å². The Kier molecular flexibility index (Phi) is 6.89. The van der Waals surface area contributed by atoms with Crippen molar-refractivity contribution in [3.05, 3.63) is 29.8 Å². The lowest BCUT2D eigenvalue weighted by Gasteiger charge is -2.35. The molecule has 6 nitrogen and oxygen atoms in total. The predicted molar refractivity (Wildman–Crippen MR) is 102 cm³/mol. The third kappa shape index (κ3) is 6.24. The van der Waals surface area contributed by atoms with Crippen LogP contribution in [0.2, 0.25) is 0 Å². The van der Waals surface area contributed by atoms with E-state index < -0.39 is 0 Å². The molecule has 0 unspecified atom stereocenters. The van der Waals surface area contributed by atoms with Gasteiger partial charge in [0.05, 0.1) is 13.0 Å². The van der Waals surface area contributed by atoms with Gasteiger partial charge < -0.3 is 19.9 Å². The Morgan fingerprint density at radius 2 is 1.62 bits per heavy atom. The number of carbonyl (C=O) groups excluding carboxylic acids is 2. The number of ether oxygens (including phenoxy) is 1. The molecule has 26 heavy (non-hydrogen) atoms. The number of nitrogens with one attached hydrogen (secondary N) is 1. The summed E-state index contributed by atoms with van der Waals surface area (Å²) in [6.45, 7) is 11.8. The van der Waals surface area contributed by atoms with Gasteiger partial charge in [0.2, 0.25) is 5.91 Å². The number of carbonyl (C=O) groups is 2. The molecule has 0 bridgehead atoms. The Bertz CT molecular complexity index is 600. The standard InChI is InChI=1S/C20H31N3O3/c1-5-26-17-8-6-16(7-9-17)14-18(24)22-10-12-23(13-11-22)19(25)21-15-20(2,3)4/h6-9H,5,10-15H2,1-4H3,(H,21,25). The van der Waals surface area contributed by atoms with E-state index in [9.17, 15) is 9.59 Å². The highest BCUT2D eigenvalue weighted by Crippen LogP contribution is 2.14. The maximum atomic E-state index is 12.5. The number of urea groups is 1. The van der Waals surface area contributed by atoms with Gasteiger partial charge in [-0.1, -0.05) is 32.9 Å². The zero-order valence-corrected chi connectivity index (χ0v) is 16.4. The van der Waals surface area contributed by atoms with E-state index in [0.717, 1.165) is 11.3 Å². The minimum Gasteiger partial charge on any atom is -0.494 e. The Balaban J connectivity index is 1.78. The molecule has 1 saturated heterocycles. The van der Waals surface area contributed by atoms with Crippen molar-refractivity contribution in [3.63, 3.8) is 0 Å². The summed E-state index contributed by atoms with van der Waals surface area (Å²) in [5.41, 5.74) is 1.04. The molecule has 3 amide bonds. The number of benzene rings is 1. The molecule has 0 saturated carbocycles. The number of hydrogen-bond donors (Lipinski definition) is 1. The molecule has 1 aliphatic rings. The molecule has 1 heterocycles. The second kappa shape index (κ2) is 8.92. The van der Waals surface area contributed by atoms with E-state index in [-0.39, 0.29) is 17.4 Å². The average molecular weight is 361 g/mol. The molecular formula is C20H31N3O3. The zero-order valence-electron chi connectivity index (χ0n) is 16.4. The van der Waals surface area contributed by atoms with Crippen LogP contribution in [0.5, 0.6) is 5.75 Å². The molecular weight excluding hydrogens is 330 g/mol. The van der Waals surface area contributed by atoms with Crippen molar-refractivity contribution in [2.75, 3.05) is 39.3 Å². The van der Waals surface area contributed by atoms with Gasteiger partial charge in [-0.15, -0.1) is 0 Å². The van der Waals surface area contributed by atoms with Gasteiger partial charge in [0.15, 0.2) is 0 Å². The van der Waals surface area contributed by atoms with E-state index in [4.69, 9.17) is 4.74 Å². The largest absolute Gasteiger partial charge is 0.494 e. The van der Waals surface area contributed by atoms with Crippen molar-refractivity contribution in [2.45, 2.75) is 34.1 Å². The molecule has 1 fully saturated rings. The number of nitrogens with zero attached hydrogens (tertiary/aromatic N) is 2. The van der Waals surface area contributed by atoms with E-state index in [1.807, 2.05) is 36.1 Å².